The molecule has 0 unspecified atom stereocenters. The maximum atomic E-state index is 14.0. The molecule has 0 aliphatic carbocycles. The van der Waals surface area contributed by atoms with Crippen LogP contribution in [0.4, 0.5) is 4.39 Å². The number of hydrogen-bond acceptors (Lipinski definition) is 2. The van der Waals surface area contributed by atoms with Gasteiger partial charge in [0.2, 0.25) is 0 Å². The van der Waals surface area contributed by atoms with E-state index in [1.54, 1.807) is 4.90 Å². The molecule has 0 bridgehead atoms. The van der Waals surface area contributed by atoms with Gasteiger partial charge in [-0.1, -0.05) is 34.9 Å². The summed E-state index contributed by atoms with van der Waals surface area (Å²) in [6, 6.07) is 9.94. The van der Waals surface area contributed by atoms with E-state index in [4.69, 9.17) is 11.6 Å². The molecule has 3 rings (SSSR count). The smallest absolute Gasteiger partial charge is 0.258 e. The molecule has 1 aliphatic heterocycles. The third-order valence-electron chi connectivity index (χ3n) is 4.50. The summed E-state index contributed by atoms with van der Waals surface area (Å²) in [4.78, 5) is 28.5. The maximum Gasteiger partial charge on any atom is 0.258 e. The van der Waals surface area contributed by atoms with Gasteiger partial charge in [0.05, 0.1) is 10.6 Å². The molecule has 26 heavy (non-hydrogen) atoms. The van der Waals surface area contributed by atoms with Crippen molar-refractivity contribution in [2.45, 2.75) is 13.8 Å². The van der Waals surface area contributed by atoms with Gasteiger partial charge in [-0.25, -0.2) is 4.39 Å². The lowest BCUT2D eigenvalue weighted by atomic mass is 10.1. The van der Waals surface area contributed by atoms with Gasteiger partial charge in [-0.2, -0.15) is 0 Å². The van der Waals surface area contributed by atoms with Gasteiger partial charge >= 0.3 is 0 Å². The fourth-order valence-corrected chi connectivity index (χ4v) is 3.50. The highest BCUT2D eigenvalue weighted by Crippen LogP contribution is 2.22. The van der Waals surface area contributed by atoms with Crippen molar-refractivity contribution in [1.82, 2.24) is 9.80 Å². The molecule has 6 heteroatoms. The zero-order valence-corrected chi connectivity index (χ0v) is 15.5. The lowest BCUT2D eigenvalue weighted by Gasteiger charge is -2.35. The van der Waals surface area contributed by atoms with Crippen molar-refractivity contribution in [1.29, 1.82) is 0 Å². The molecule has 0 saturated carbocycles. The van der Waals surface area contributed by atoms with Crippen LogP contribution < -0.4 is 0 Å². The Balaban J connectivity index is 1.69. The minimum absolute atomic E-state index is 0.0483. The third-order valence-corrected chi connectivity index (χ3v) is 4.81. The van der Waals surface area contributed by atoms with Gasteiger partial charge in [-0.3, -0.25) is 9.59 Å². The van der Waals surface area contributed by atoms with Crippen LogP contribution >= 0.6 is 11.6 Å². The van der Waals surface area contributed by atoms with Crippen LogP contribution in [0.2, 0.25) is 5.02 Å². The van der Waals surface area contributed by atoms with Crippen LogP contribution in [0.1, 0.15) is 31.8 Å². The molecule has 1 heterocycles. The first-order chi connectivity index (χ1) is 12.4. The van der Waals surface area contributed by atoms with Gasteiger partial charge in [0.25, 0.3) is 11.8 Å². The van der Waals surface area contributed by atoms with Crippen molar-refractivity contribution < 1.29 is 14.0 Å². The molecule has 0 radical (unpaired) electrons. The van der Waals surface area contributed by atoms with Crippen molar-refractivity contribution in [3.8, 4) is 0 Å². The summed E-state index contributed by atoms with van der Waals surface area (Å²) < 4.78 is 14.0. The summed E-state index contributed by atoms with van der Waals surface area (Å²) in [5, 5.41) is 0.101. The summed E-state index contributed by atoms with van der Waals surface area (Å²) in [5.41, 5.74) is 2.62. The van der Waals surface area contributed by atoms with E-state index in [0.717, 1.165) is 11.1 Å². The average Bonchev–Trinajstić information content (AvgIpc) is 2.60. The Morgan fingerprint density at radius 3 is 2.00 bits per heavy atom. The molecule has 2 aromatic carbocycles. The fourth-order valence-electron chi connectivity index (χ4n) is 3.25. The van der Waals surface area contributed by atoms with Gasteiger partial charge < -0.3 is 9.80 Å². The van der Waals surface area contributed by atoms with Gasteiger partial charge in [0, 0.05) is 31.7 Å². The molecule has 0 aromatic heterocycles. The SMILES string of the molecule is Cc1cc(C)cc(C(=O)N2CCN(C(=O)c3c(F)cccc3Cl)CC2)c1. The fraction of sp³-hybridized carbons (Fsp3) is 0.300. The Morgan fingerprint density at radius 1 is 0.923 bits per heavy atom. The van der Waals surface area contributed by atoms with Gasteiger partial charge in [-0.15, -0.1) is 0 Å². The molecular weight excluding hydrogens is 355 g/mol. The predicted octanol–water partition coefficient (Wildman–Crippen LogP) is 3.69. The van der Waals surface area contributed by atoms with Crippen molar-refractivity contribution in [3.05, 3.63) is 69.5 Å². The summed E-state index contributed by atoms with van der Waals surface area (Å²) in [5.74, 6) is -1.12. The Morgan fingerprint density at radius 2 is 1.46 bits per heavy atom. The van der Waals surface area contributed by atoms with Crippen LogP contribution in [0.25, 0.3) is 0 Å². The van der Waals surface area contributed by atoms with E-state index < -0.39 is 11.7 Å². The molecule has 136 valence electrons. The number of carbonyl (C=O) groups is 2. The van der Waals surface area contributed by atoms with Crippen LogP contribution in [-0.4, -0.2) is 47.8 Å². The van der Waals surface area contributed by atoms with E-state index in [1.165, 1.54) is 23.1 Å². The highest BCUT2D eigenvalue weighted by atomic mass is 35.5. The highest BCUT2D eigenvalue weighted by Gasteiger charge is 2.28. The summed E-state index contributed by atoms with van der Waals surface area (Å²) >= 11 is 5.98. The van der Waals surface area contributed by atoms with Gasteiger partial charge in [-0.05, 0) is 38.1 Å². The van der Waals surface area contributed by atoms with E-state index >= 15 is 0 Å². The van der Waals surface area contributed by atoms with E-state index in [2.05, 4.69) is 0 Å². The largest absolute Gasteiger partial charge is 0.335 e. The average molecular weight is 375 g/mol. The zero-order chi connectivity index (χ0) is 18.8. The standard InChI is InChI=1S/C20H20ClFN2O2/c1-13-10-14(2)12-15(11-13)19(25)23-6-8-24(9-7-23)20(26)18-16(21)4-3-5-17(18)22/h3-5,10-12H,6-9H2,1-2H3. The molecule has 2 amide bonds. The topological polar surface area (TPSA) is 40.6 Å². The molecule has 4 nitrogen and oxygen atoms in total. The molecule has 0 atom stereocenters. The second kappa shape index (κ2) is 7.46. The zero-order valence-electron chi connectivity index (χ0n) is 14.8. The first kappa shape index (κ1) is 18.4. The Hall–Kier alpha value is -2.40. The molecule has 1 saturated heterocycles. The second-order valence-corrected chi connectivity index (χ2v) is 6.96. The van der Waals surface area contributed by atoms with Crippen molar-refractivity contribution in [2.75, 3.05) is 26.2 Å². The van der Waals surface area contributed by atoms with Crippen molar-refractivity contribution in [2.24, 2.45) is 0 Å². The first-order valence-corrected chi connectivity index (χ1v) is 8.85. The number of benzene rings is 2. The molecule has 1 aliphatic rings. The number of piperazine rings is 1. The second-order valence-electron chi connectivity index (χ2n) is 6.56. The number of aryl methyl sites for hydroxylation is 2. The first-order valence-electron chi connectivity index (χ1n) is 8.47. The number of carbonyl (C=O) groups excluding carboxylic acids is 2. The van der Waals surface area contributed by atoms with Crippen LogP contribution in [0, 0.1) is 19.7 Å². The molecule has 2 aromatic rings. The van der Waals surface area contributed by atoms with Crippen molar-refractivity contribution >= 4 is 23.4 Å². The number of hydrogen-bond donors (Lipinski definition) is 0. The van der Waals surface area contributed by atoms with Crippen LogP contribution in [0.15, 0.2) is 36.4 Å². The van der Waals surface area contributed by atoms with E-state index in [1.807, 2.05) is 32.0 Å². The van der Waals surface area contributed by atoms with Crippen molar-refractivity contribution in [3.63, 3.8) is 0 Å². The summed E-state index contributed by atoms with van der Waals surface area (Å²) in [7, 11) is 0. The molecular formula is C20H20ClFN2O2. The van der Waals surface area contributed by atoms with Crippen LogP contribution in [0.3, 0.4) is 0 Å². The normalized spacial score (nSPS) is 14.5. The number of nitrogens with zero attached hydrogens (tertiary/aromatic N) is 2. The summed E-state index contributed by atoms with van der Waals surface area (Å²) in [6.45, 7) is 5.42. The Bertz CT molecular complexity index is 820. The minimum atomic E-state index is -0.628. The monoisotopic (exact) mass is 374 g/mol. The Labute approximate surface area is 157 Å². The molecule has 1 fully saturated rings. The highest BCUT2D eigenvalue weighted by molar-refractivity contribution is 6.33. The van der Waals surface area contributed by atoms with Gasteiger partial charge in [0.15, 0.2) is 0 Å². The lowest BCUT2D eigenvalue weighted by Crippen LogP contribution is -2.50. The molecule has 0 N–H and O–H groups in total. The van der Waals surface area contributed by atoms with Crippen LogP contribution in [-0.2, 0) is 0 Å². The van der Waals surface area contributed by atoms with Gasteiger partial charge in [0.1, 0.15) is 5.82 Å². The maximum absolute atomic E-state index is 14.0. The number of rotatable bonds is 2. The molecule has 0 spiro atoms. The number of amides is 2. The summed E-state index contributed by atoms with van der Waals surface area (Å²) in [6.07, 6.45) is 0. The predicted molar refractivity (Wildman–Crippen MR) is 99.1 cm³/mol. The van der Waals surface area contributed by atoms with E-state index in [0.29, 0.717) is 31.7 Å². The Kier molecular flexibility index (Phi) is 5.28. The third kappa shape index (κ3) is 3.73. The quantitative estimate of drug-likeness (QED) is 0.804. The minimum Gasteiger partial charge on any atom is -0.335 e. The number of halogens is 2. The van der Waals surface area contributed by atoms with Crippen LogP contribution in [0.5, 0.6) is 0 Å². The van der Waals surface area contributed by atoms with E-state index in [-0.39, 0.29) is 16.5 Å². The van der Waals surface area contributed by atoms with E-state index in [9.17, 15) is 14.0 Å². The lowest BCUT2D eigenvalue weighted by molar-refractivity contribution is 0.0533.